The molecule has 1 aromatic rings. The Morgan fingerprint density at radius 3 is 2.50 bits per heavy atom. The van der Waals surface area contributed by atoms with E-state index in [-0.39, 0.29) is 19.1 Å². The van der Waals surface area contributed by atoms with Crippen molar-refractivity contribution < 1.29 is 24.2 Å². The van der Waals surface area contributed by atoms with Gasteiger partial charge in [-0.05, 0) is 25.0 Å². The van der Waals surface area contributed by atoms with Crippen molar-refractivity contribution in [2.24, 2.45) is 5.92 Å². The lowest BCUT2D eigenvalue weighted by Crippen LogP contribution is -2.54. The van der Waals surface area contributed by atoms with E-state index in [9.17, 15) is 19.5 Å². The Kier molecular flexibility index (Phi) is 8.51. The lowest BCUT2D eigenvalue weighted by atomic mass is 10.0. The summed E-state index contributed by atoms with van der Waals surface area (Å²) >= 11 is 0. The van der Waals surface area contributed by atoms with Crippen LogP contribution < -0.4 is 10.6 Å². The number of aryl methyl sites for hydroxylation is 1. The summed E-state index contributed by atoms with van der Waals surface area (Å²) < 4.78 is 5.11. The predicted octanol–water partition coefficient (Wildman–Crippen LogP) is 1.52. The third-order valence-corrected chi connectivity index (χ3v) is 3.65. The summed E-state index contributed by atoms with van der Waals surface area (Å²) in [5.74, 6) is -2.41. The minimum absolute atomic E-state index is 0.178. The zero-order valence-corrected chi connectivity index (χ0v) is 15.3. The van der Waals surface area contributed by atoms with E-state index in [4.69, 9.17) is 4.74 Å². The Hall–Kier alpha value is -2.67. The first-order chi connectivity index (χ1) is 12.3. The van der Waals surface area contributed by atoms with Gasteiger partial charge in [-0.15, -0.1) is 6.58 Å². The summed E-state index contributed by atoms with van der Waals surface area (Å²) in [4.78, 5) is 36.2. The molecule has 26 heavy (non-hydrogen) atoms. The lowest BCUT2D eigenvalue weighted by molar-refractivity contribution is -0.144. The number of nitrogens with one attached hydrogen (secondary N) is 2. The molecule has 0 radical (unpaired) electrons. The van der Waals surface area contributed by atoms with Gasteiger partial charge in [0.2, 0.25) is 5.91 Å². The van der Waals surface area contributed by atoms with Crippen molar-refractivity contribution in [2.45, 2.75) is 32.9 Å². The van der Waals surface area contributed by atoms with E-state index in [1.165, 1.54) is 6.08 Å². The van der Waals surface area contributed by atoms with Crippen molar-refractivity contribution in [3.05, 3.63) is 48.0 Å². The number of hydrogen-bond acceptors (Lipinski definition) is 4. The molecule has 1 rings (SSSR count). The monoisotopic (exact) mass is 362 g/mol. The first-order valence-electron chi connectivity index (χ1n) is 8.35. The fourth-order valence-corrected chi connectivity index (χ4v) is 2.25. The molecule has 0 aromatic heterocycles. The molecular formula is C19H26N2O5. The van der Waals surface area contributed by atoms with Crippen molar-refractivity contribution in [1.29, 1.82) is 0 Å². The van der Waals surface area contributed by atoms with Gasteiger partial charge in [-0.1, -0.05) is 37.6 Å². The zero-order chi connectivity index (χ0) is 19.7. The van der Waals surface area contributed by atoms with Crippen LogP contribution in [-0.4, -0.2) is 48.2 Å². The van der Waals surface area contributed by atoms with Crippen LogP contribution in [0.15, 0.2) is 36.9 Å². The van der Waals surface area contributed by atoms with Crippen LogP contribution in [-0.2, 0) is 14.3 Å². The number of ether oxygens (including phenoxy) is 1. The second-order valence-corrected chi connectivity index (χ2v) is 6.29. The molecule has 7 nitrogen and oxygen atoms in total. The number of rotatable bonds is 10. The molecule has 2 unspecified atom stereocenters. The lowest BCUT2D eigenvalue weighted by Gasteiger charge is -2.24. The predicted molar refractivity (Wildman–Crippen MR) is 97.9 cm³/mol. The average molecular weight is 362 g/mol. The van der Waals surface area contributed by atoms with Gasteiger partial charge in [0.05, 0.1) is 13.2 Å². The number of carboxylic acids is 1. The highest BCUT2D eigenvalue weighted by Crippen LogP contribution is 2.08. The van der Waals surface area contributed by atoms with E-state index in [0.29, 0.717) is 5.56 Å². The van der Waals surface area contributed by atoms with Crippen molar-refractivity contribution in [3.8, 4) is 0 Å². The maximum atomic E-state index is 12.5. The summed E-state index contributed by atoms with van der Waals surface area (Å²) in [6.45, 7) is 8.86. The molecule has 0 fully saturated rings. The standard InChI is InChI=1S/C19H26N2O5/c1-5-9-26-11-15(19(24)25)20-18(23)16(12(2)3)21-17(22)14-8-6-7-13(4)10-14/h5-8,10,12,15-16H,1,9,11H2,2-4H3,(H,20,23)(H,21,22)(H,24,25). The van der Waals surface area contributed by atoms with Gasteiger partial charge in [0.15, 0.2) is 6.04 Å². The van der Waals surface area contributed by atoms with Gasteiger partial charge in [-0.3, -0.25) is 9.59 Å². The minimum Gasteiger partial charge on any atom is -0.480 e. The van der Waals surface area contributed by atoms with E-state index in [0.717, 1.165) is 5.56 Å². The molecule has 0 saturated heterocycles. The van der Waals surface area contributed by atoms with Crippen LogP contribution in [0.4, 0.5) is 0 Å². The van der Waals surface area contributed by atoms with Gasteiger partial charge in [-0.25, -0.2) is 4.79 Å². The van der Waals surface area contributed by atoms with Crippen molar-refractivity contribution in [2.75, 3.05) is 13.2 Å². The highest BCUT2D eigenvalue weighted by atomic mass is 16.5. The maximum Gasteiger partial charge on any atom is 0.328 e. The Morgan fingerprint density at radius 2 is 1.96 bits per heavy atom. The van der Waals surface area contributed by atoms with E-state index in [1.807, 2.05) is 13.0 Å². The smallest absolute Gasteiger partial charge is 0.328 e. The number of hydrogen-bond donors (Lipinski definition) is 3. The second-order valence-electron chi connectivity index (χ2n) is 6.29. The van der Waals surface area contributed by atoms with Gasteiger partial charge < -0.3 is 20.5 Å². The van der Waals surface area contributed by atoms with Crippen LogP contribution in [0.3, 0.4) is 0 Å². The fraction of sp³-hybridized carbons (Fsp3) is 0.421. The third kappa shape index (κ3) is 6.68. The highest BCUT2D eigenvalue weighted by molar-refractivity contribution is 5.98. The first kappa shape index (κ1) is 21.4. The molecule has 0 bridgehead atoms. The second kappa shape index (κ2) is 10.4. The van der Waals surface area contributed by atoms with Crippen molar-refractivity contribution in [3.63, 3.8) is 0 Å². The number of carbonyl (C=O) groups is 3. The van der Waals surface area contributed by atoms with E-state index in [1.54, 1.807) is 32.0 Å². The molecule has 0 saturated carbocycles. The molecule has 2 atom stereocenters. The normalized spacial score (nSPS) is 12.9. The third-order valence-electron chi connectivity index (χ3n) is 3.65. The highest BCUT2D eigenvalue weighted by Gasteiger charge is 2.29. The molecule has 0 spiro atoms. The molecular weight excluding hydrogens is 336 g/mol. The molecule has 0 aliphatic carbocycles. The fourth-order valence-electron chi connectivity index (χ4n) is 2.25. The van der Waals surface area contributed by atoms with Crippen LogP contribution in [0, 0.1) is 12.8 Å². The molecule has 0 heterocycles. The van der Waals surface area contributed by atoms with Crippen LogP contribution in [0.1, 0.15) is 29.8 Å². The number of amides is 2. The molecule has 7 heteroatoms. The summed E-state index contributed by atoms with van der Waals surface area (Å²) in [6.07, 6.45) is 1.49. The van der Waals surface area contributed by atoms with Gasteiger partial charge in [-0.2, -0.15) is 0 Å². The summed E-state index contributed by atoms with van der Waals surface area (Å²) in [7, 11) is 0. The SMILES string of the molecule is C=CCOCC(NC(=O)C(NC(=O)c1cccc(C)c1)C(C)C)C(=O)O. The molecule has 2 amide bonds. The number of benzene rings is 1. The largest absolute Gasteiger partial charge is 0.480 e. The van der Waals surface area contributed by atoms with Gasteiger partial charge in [0, 0.05) is 5.56 Å². The van der Waals surface area contributed by atoms with Crippen LogP contribution in [0.5, 0.6) is 0 Å². The molecule has 3 N–H and O–H groups in total. The van der Waals surface area contributed by atoms with Gasteiger partial charge in [0.1, 0.15) is 6.04 Å². The van der Waals surface area contributed by atoms with E-state index >= 15 is 0 Å². The van der Waals surface area contributed by atoms with Crippen LogP contribution in [0.2, 0.25) is 0 Å². The molecule has 0 aliphatic heterocycles. The van der Waals surface area contributed by atoms with E-state index < -0.39 is 29.9 Å². The van der Waals surface area contributed by atoms with Crippen molar-refractivity contribution in [1.82, 2.24) is 10.6 Å². The van der Waals surface area contributed by atoms with E-state index in [2.05, 4.69) is 17.2 Å². The first-order valence-corrected chi connectivity index (χ1v) is 8.35. The van der Waals surface area contributed by atoms with Gasteiger partial charge >= 0.3 is 5.97 Å². The van der Waals surface area contributed by atoms with Crippen molar-refractivity contribution >= 4 is 17.8 Å². The topological polar surface area (TPSA) is 105 Å². The summed E-state index contributed by atoms with van der Waals surface area (Å²) in [6, 6.07) is 4.91. The Balaban J connectivity index is 2.80. The Morgan fingerprint density at radius 1 is 1.27 bits per heavy atom. The Bertz CT molecular complexity index is 657. The summed E-state index contributed by atoms with van der Waals surface area (Å²) in [5, 5.41) is 14.3. The number of carbonyl (C=O) groups excluding carboxylic acids is 2. The molecule has 0 aliphatic rings. The van der Waals surface area contributed by atoms with Crippen LogP contribution >= 0.6 is 0 Å². The average Bonchev–Trinajstić information content (AvgIpc) is 2.58. The number of aliphatic carboxylic acids is 1. The maximum absolute atomic E-state index is 12.5. The summed E-state index contributed by atoms with van der Waals surface area (Å²) in [5.41, 5.74) is 1.36. The van der Waals surface area contributed by atoms with Gasteiger partial charge in [0.25, 0.3) is 5.91 Å². The molecule has 142 valence electrons. The number of carboxylic acid groups (broad SMARTS) is 1. The zero-order valence-electron chi connectivity index (χ0n) is 15.3. The molecule has 1 aromatic carbocycles. The van der Waals surface area contributed by atoms with Crippen LogP contribution in [0.25, 0.3) is 0 Å². The Labute approximate surface area is 153 Å². The quantitative estimate of drug-likeness (QED) is 0.432. The minimum atomic E-state index is -1.21.